The molecule has 0 spiro atoms. The van der Waals surface area contributed by atoms with Crippen LogP contribution in [0.15, 0.2) is 0 Å². The lowest BCUT2D eigenvalue weighted by Gasteiger charge is -2.33. The molecule has 0 unspecified atom stereocenters. The Kier molecular flexibility index (Phi) is 9.27. The van der Waals surface area contributed by atoms with Crippen molar-refractivity contribution in [1.29, 1.82) is 0 Å². The highest BCUT2D eigenvalue weighted by Crippen LogP contribution is 2.04. The molecule has 1 saturated heterocycles. The summed E-state index contributed by atoms with van der Waals surface area (Å²) in [6.45, 7) is 6.28. The maximum Gasteiger partial charge on any atom is 0.0947 e. The molecule has 1 heterocycles. The predicted molar refractivity (Wildman–Crippen MR) is 74.1 cm³/mol. The van der Waals surface area contributed by atoms with Crippen molar-refractivity contribution in [2.75, 3.05) is 65.6 Å². The summed E-state index contributed by atoms with van der Waals surface area (Å²) in [6, 6.07) is -0.408. The summed E-state index contributed by atoms with van der Waals surface area (Å²) in [6.07, 6.45) is -0.903. The molecule has 7 heteroatoms. The quantitative estimate of drug-likeness (QED) is 0.321. The van der Waals surface area contributed by atoms with E-state index >= 15 is 0 Å². The first-order chi connectivity index (χ1) is 9.29. The number of hydrogen-bond acceptors (Lipinski definition) is 7. The zero-order chi connectivity index (χ0) is 13.9. The van der Waals surface area contributed by atoms with Crippen LogP contribution in [0, 0.1) is 0 Å². The molecule has 1 rings (SSSR count). The molecular weight excluding hydrogens is 248 g/mol. The normalized spacial score (nSPS) is 24.2. The third-order valence-electron chi connectivity index (χ3n) is 3.40. The molecule has 0 bridgehead atoms. The topological polar surface area (TPSA) is 100 Å². The van der Waals surface area contributed by atoms with Crippen LogP contribution in [0.4, 0.5) is 0 Å². The van der Waals surface area contributed by atoms with Gasteiger partial charge in [-0.3, -0.25) is 4.90 Å². The fraction of sp³-hybridized carbons (Fsp3) is 1.00. The van der Waals surface area contributed by atoms with Gasteiger partial charge in [0.2, 0.25) is 0 Å². The van der Waals surface area contributed by atoms with Gasteiger partial charge in [-0.1, -0.05) is 0 Å². The molecule has 1 aliphatic heterocycles. The van der Waals surface area contributed by atoms with Gasteiger partial charge in [-0.05, 0) is 0 Å². The maximum absolute atomic E-state index is 9.76. The van der Waals surface area contributed by atoms with E-state index in [0.717, 1.165) is 52.4 Å². The lowest BCUT2D eigenvalue weighted by Crippen LogP contribution is -2.52. The Morgan fingerprint density at radius 3 is 1.68 bits per heavy atom. The van der Waals surface area contributed by atoms with Gasteiger partial charge in [0.25, 0.3) is 0 Å². The Labute approximate surface area is 115 Å². The number of aliphatic hydroxyl groups is 3. The third-order valence-corrected chi connectivity index (χ3v) is 3.40. The van der Waals surface area contributed by atoms with Crippen LogP contribution in [0.5, 0.6) is 0 Å². The minimum absolute atomic E-state index is 0.150. The van der Waals surface area contributed by atoms with Crippen molar-refractivity contribution >= 4 is 0 Å². The van der Waals surface area contributed by atoms with Gasteiger partial charge >= 0.3 is 0 Å². The smallest absolute Gasteiger partial charge is 0.0947 e. The van der Waals surface area contributed by atoms with E-state index in [1.54, 1.807) is 0 Å². The highest BCUT2D eigenvalue weighted by molar-refractivity contribution is 4.79. The van der Waals surface area contributed by atoms with E-state index in [0.29, 0.717) is 0 Å². The molecule has 0 aromatic heterocycles. The molecule has 0 aliphatic carbocycles. The van der Waals surface area contributed by atoms with Crippen LogP contribution in [0.3, 0.4) is 0 Å². The van der Waals surface area contributed by atoms with Crippen LogP contribution in [-0.4, -0.2) is 97.9 Å². The van der Waals surface area contributed by atoms with Crippen molar-refractivity contribution < 1.29 is 15.3 Å². The average Bonchev–Trinajstić information content (AvgIpc) is 2.41. The average molecular weight is 276 g/mol. The Bertz CT molecular complexity index is 209. The molecule has 7 nitrogen and oxygen atoms in total. The summed E-state index contributed by atoms with van der Waals surface area (Å²) >= 11 is 0. The van der Waals surface area contributed by atoms with Crippen molar-refractivity contribution in [3.8, 4) is 0 Å². The zero-order valence-electron chi connectivity index (χ0n) is 11.5. The van der Waals surface area contributed by atoms with Gasteiger partial charge < -0.3 is 31.3 Å². The van der Waals surface area contributed by atoms with Gasteiger partial charge in [0.1, 0.15) is 0 Å². The molecule has 0 aromatic rings. The highest BCUT2D eigenvalue weighted by atomic mass is 16.3. The minimum Gasteiger partial charge on any atom is -0.395 e. The summed E-state index contributed by atoms with van der Waals surface area (Å²) in [7, 11) is 0. The monoisotopic (exact) mass is 276 g/mol. The maximum atomic E-state index is 9.76. The number of rotatable bonds is 4. The second kappa shape index (κ2) is 10.5. The van der Waals surface area contributed by atoms with E-state index in [1.807, 2.05) is 4.90 Å². The Hall–Kier alpha value is -0.280. The van der Waals surface area contributed by atoms with E-state index < -0.39 is 12.1 Å². The van der Waals surface area contributed by atoms with Gasteiger partial charge in [-0.15, -0.1) is 0 Å². The molecule has 0 amide bonds. The van der Waals surface area contributed by atoms with Crippen LogP contribution >= 0.6 is 0 Å². The standard InChI is InChI=1S/C12H28N4O3/c17-9-11(12(19)10-18)16-7-5-14-3-1-13-2-4-15-6-8-16/h11-15,17-19H,1-10H2/t11-,12-/m1/s1. The van der Waals surface area contributed by atoms with E-state index in [-0.39, 0.29) is 13.2 Å². The van der Waals surface area contributed by atoms with Crippen molar-refractivity contribution in [3.63, 3.8) is 0 Å². The Balaban J connectivity index is 2.48. The lowest BCUT2D eigenvalue weighted by molar-refractivity contribution is -0.0124. The number of nitrogens with one attached hydrogen (secondary N) is 3. The first-order valence-electron chi connectivity index (χ1n) is 7.05. The second-order valence-electron chi connectivity index (χ2n) is 4.79. The van der Waals surface area contributed by atoms with Crippen LogP contribution in [-0.2, 0) is 0 Å². The molecule has 2 atom stereocenters. The second-order valence-corrected chi connectivity index (χ2v) is 4.79. The van der Waals surface area contributed by atoms with Crippen molar-refractivity contribution in [2.24, 2.45) is 0 Å². The fourth-order valence-corrected chi connectivity index (χ4v) is 2.22. The summed E-state index contributed by atoms with van der Waals surface area (Å²) in [5, 5.41) is 38.2. The summed E-state index contributed by atoms with van der Waals surface area (Å²) < 4.78 is 0. The molecule has 0 radical (unpaired) electrons. The van der Waals surface area contributed by atoms with E-state index in [1.165, 1.54) is 0 Å². The first kappa shape index (κ1) is 16.8. The summed E-state index contributed by atoms with van der Waals surface area (Å²) in [5.74, 6) is 0. The largest absolute Gasteiger partial charge is 0.395 e. The van der Waals surface area contributed by atoms with Crippen LogP contribution in [0.25, 0.3) is 0 Å². The molecule has 0 saturated carbocycles. The first-order valence-corrected chi connectivity index (χ1v) is 7.05. The van der Waals surface area contributed by atoms with Gasteiger partial charge in [0.05, 0.1) is 25.4 Å². The summed E-state index contributed by atoms with van der Waals surface area (Å²) in [4.78, 5) is 2.02. The Morgan fingerprint density at radius 2 is 1.26 bits per heavy atom. The molecule has 0 aromatic carbocycles. The minimum atomic E-state index is -0.903. The number of nitrogens with zero attached hydrogens (tertiary/aromatic N) is 1. The third kappa shape index (κ3) is 6.62. The van der Waals surface area contributed by atoms with Gasteiger partial charge in [-0.25, -0.2) is 0 Å². The predicted octanol–water partition coefficient (Wildman–Crippen LogP) is -3.22. The fourth-order valence-electron chi connectivity index (χ4n) is 2.22. The Morgan fingerprint density at radius 1 is 0.789 bits per heavy atom. The molecule has 114 valence electrons. The lowest BCUT2D eigenvalue weighted by atomic mass is 10.1. The van der Waals surface area contributed by atoms with Crippen LogP contribution in [0.1, 0.15) is 0 Å². The number of hydrogen-bond donors (Lipinski definition) is 6. The van der Waals surface area contributed by atoms with Crippen molar-refractivity contribution in [3.05, 3.63) is 0 Å². The molecular formula is C12H28N4O3. The van der Waals surface area contributed by atoms with Crippen LogP contribution in [0.2, 0.25) is 0 Å². The molecule has 19 heavy (non-hydrogen) atoms. The van der Waals surface area contributed by atoms with Gasteiger partial charge in [-0.2, -0.15) is 0 Å². The summed E-state index contributed by atoms with van der Waals surface area (Å²) in [5.41, 5.74) is 0. The van der Waals surface area contributed by atoms with Crippen molar-refractivity contribution in [1.82, 2.24) is 20.9 Å². The highest BCUT2D eigenvalue weighted by Gasteiger charge is 2.24. The number of aliphatic hydroxyl groups excluding tert-OH is 3. The van der Waals surface area contributed by atoms with Crippen molar-refractivity contribution in [2.45, 2.75) is 12.1 Å². The molecule has 6 N–H and O–H groups in total. The molecule has 1 fully saturated rings. The van der Waals surface area contributed by atoms with E-state index in [4.69, 9.17) is 5.11 Å². The molecule has 1 aliphatic rings. The van der Waals surface area contributed by atoms with Gasteiger partial charge in [0, 0.05) is 52.4 Å². The van der Waals surface area contributed by atoms with Crippen LogP contribution < -0.4 is 16.0 Å². The van der Waals surface area contributed by atoms with E-state index in [2.05, 4.69) is 16.0 Å². The SMILES string of the molecule is OC[C@@H](O)[C@@H](CO)N1CCNCCNCCNCC1. The zero-order valence-corrected chi connectivity index (χ0v) is 11.5. The van der Waals surface area contributed by atoms with Gasteiger partial charge in [0.15, 0.2) is 0 Å². The van der Waals surface area contributed by atoms with E-state index in [9.17, 15) is 10.2 Å².